The zero-order chi connectivity index (χ0) is 5.82. The molecule has 0 N–H and O–H groups in total. The number of hydrogen-bond donors (Lipinski definition) is 0. The molecule has 0 spiro atoms. The van der Waals surface area contributed by atoms with Crippen LogP contribution in [0, 0.1) is 6.20 Å². The fraction of sp³-hybridized carbons (Fsp3) is 0.143. The van der Waals surface area contributed by atoms with E-state index in [1.807, 2.05) is 42.5 Å². The van der Waals surface area contributed by atoms with Crippen LogP contribution in [0.25, 0.3) is 0 Å². The SMILES string of the molecule is CN1[C]=CC=CC=C1. The first-order valence-electron chi connectivity index (χ1n) is 2.55. The molecule has 0 amide bonds. The lowest BCUT2D eigenvalue weighted by Crippen LogP contribution is -1.98. The fourth-order valence-electron chi connectivity index (χ4n) is 0.502. The molecule has 0 atom stereocenters. The minimum Gasteiger partial charge on any atom is -0.349 e. The predicted molar refractivity (Wildman–Crippen MR) is 33.9 cm³/mol. The first kappa shape index (κ1) is 5.16. The molecule has 1 heterocycles. The van der Waals surface area contributed by atoms with Gasteiger partial charge in [-0.1, -0.05) is 12.2 Å². The van der Waals surface area contributed by atoms with Crippen LogP contribution in [-0.4, -0.2) is 11.9 Å². The molecule has 0 unspecified atom stereocenters. The number of rotatable bonds is 0. The molecule has 0 aliphatic carbocycles. The monoisotopic (exact) mass is 106 g/mol. The lowest BCUT2D eigenvalue weighted by atomic mass is 10.5. The molecule has 0 bridgehead atoms. The topological polar surface area (TPSA) is 3.24 Å². The molecule has 1 rings (SSSR count). The minimum absolute atomic E-state index is 1.88. The molecule has 0 aromatic carbocycles. The third kappa shape index (κ3) is 1.26. The average Bonchev–Trinajstić information content (AvgIpc) is 1.94. The van der Waals surface area contributed by atoms with Gasteiger partial charge in [0.15, 0.2) is 0 Å². The summed E-state index contributed by atoms with van der Waals surface area (Å²) in [5.74, 6) is 0. The molecule has 1 heteroatoms. The molecule has 0 saturated heterocycles. The van der Waals surface area contributed by atoms with Crippen LogP contribution in [0.15, 0.2) is 30.5 Å². The summed E-state index contributed by atoms with van der Waals surface area (Å²) < 4.78 is 0. The van der Waals surface area contributed by atoms with E-state index in [0.29, 0.717) is 0 Å². The lowest BCUT2D eigenvalue weighted by Gasteiger charge is -2.00. The van der Waals surface area contributed by atoms with Crippen LogP contribution in [0.5, 0.6) is 0 Å². The van der Waals surface area contributed by atoms with Crippen LogP contribution in [0.1, 0.15) is 0 Å². The first-order valence-corrected chi connectivity index (χ1v) is 2.55. The highest BCUT2D eigenvalue weighted by atomic mass is 15.0. The Hall–Kier alpha value is -0.980. The van der Waals surface area contributed by atoms with Crippen molar-refractivity contribution in [2.24, 2.45) is 0 Å². The second kappa shape index (κ2) is 2.36. The molecule has 0 saturated carbocycles. The Balaban J connectivity index is 2.66. The van der Waals surface area contributed by atoms with Gasteiger partial charge in [0.2, 0.25) is 0 Å². The summed E-state index contributed by atoms with van der Waals surface area (Å²) in [6.45, 7) is 0. The highest BCUT2D eigenvalue weighted by molar-refractivity contribution is 5.12. The van der Waals surface area contributed by atoms with E-state index in [0.717, 1.165) is 0 Å². The van der Waals surface area contributed by atoms with Crippen molar-refractivity contribution in [1.29, 1.82) is 0 Å². The van der Waals surface area contributed by atoms with Gasteiger partial charge < -0.3 is 4.90 Å². The van der Waals surface area contributed by atoms with E-state index in [2.05, 4.69) is 6.20 Å². The highest BCUT2D eigenvalue weighted by Gasteiger charge is 1.81. The minimum atomic E-state index is 1.88. The molecular formula is C7H8N. The van der Waals surface area contributed by atoms with E-state index in [1.54, 1.807) is 0 Å². The summed E-state index contributed by atoms with van der Waals surface area (Å²) in [5.41, 5.74) is 0. The van der Waals surface area contributed by atoms with Crippen molar-refractivity contribution < 1.29 is 0 Å². The molecule has 0 fully saturated rings. The van der Waals surface area contributed by atoms with Crippen molar-refractivity contribution in [3.8, 4) is 0 Å². The van der Waals surface area contributed by atoms with Gasteiger partial charge in [-0.25, -0.2) is 0 Å². The van der Waals surface area contributed by atoms with Gasteiger partial charge in [0, 0.05) is 13.2 Å². The maximum atomic E-state index is 2.98. The largest absolute Gasteiger partial charge is 0.349 e. The van der Waals surface area contributed by atoms with Gasteiger partial charge >= 0.3 is 0 Å². The molecule has 8 heavy (non-hydrogen) atoms. The van der Waals surface area contributed by atoms with Crippen molar-refractivity contribution in [3.05, 3.63) is 36.7 Å². The number of allylic oxidation sites excluding steroid dienone is 4. The molecule has 0 aromatic rings. The number of nitrogens with zero attached hydrogens (tertiary/aromatic N) is 1. The van der Waals surface area contributed by atoms with Crippen LogP contribution in [0.2, 0.25) is 0 Å². The van der Waals surface area contributed by atoms with Gasteiger partial charge in [-0.2, -0.15) is 0 Å². The molecule has 1 radical (unpaired) electrons. The quantitative estimate of drug-likeness (QED) is 0.450. The Bertz CT molecular complexity index is 126. The summed E-state index contributed by atoms with van der Waals surface area (Å²) in [5, 5.41) is 0. The van der Waals surface area contributed by atoms with Crippen LogP contribution in [0.4, 0.5) is 0 Å². The summed E-state index contributed by atoms with van der Waals surface area (Å²) in [4.78, 5) is 1.88. The maximum absolute atomic E-state index is 2.98. The van der Waals surface area contributed by atoms with Crippen molar-refractivity contribution in [2.75, 3.05) is 7.05 Å². The Morgan fingerprint density at radius 2 is 2.12 bits per heavy atom. The van der Waals surface area contributed by atoms with E-state index < -0.39 is 0 Å². The summed E-state index contributed by atoms with van der Waals surface area (Å²) in [6.07, 6.45) is 12.7. The Kier molecular flexibility index (Phi) is 1.52. The van der Waals surface area contributed by atoms with Crippen molar-refractivity contribution in [1.82, 2.24) is 4.90 Å². The second-order valence-corrected chi connectivity index (χ2v) is 1.63. The van der Waals surface area contributed by atoms with Gasteiger partial charge in [0.05, 0.1) is 6.20 Å². The van der Waals surface area contributed by atoms with Gasteiger partial charge in [-0.15, -0.1) is 0 Å². The van der Waals surface area contributed by atoms with Gasteiger partial charge in [0.1, 0.15) is 0 Å². The van der Waals surface area contributed by atoms with Crippen LogP contribution in [0.3, 0.4) is 0 Å². The third-order valence-corrected chi connectivity index (χ3v) is 0.906. The molecule has 1 nitrogen and oxygen atoms in total. The zero-order valence-corrected chi connectivity index (χ0v) is 4.83. The van der Waals surface area contributed by atoms with E-state index in [9.17, 15) is 0 Å². The van der Waals surface area contributed by atoms with E-state index in [4.69, 9.17) is 0 Å². The van der Waals surface area contributed by atoms with E-state index in [-0.39, 0.29) is 0 Å². The predicted octanol–water partition coefficient (Wildman–Crippen LogP) is 1.32. The zero-order valence-electron chi connectivity index (χ0n) is 4.83. The summed E-state index contributed by atoms with van der Waals surface area (Å²) in [7, 11) is 1.94. The summed E-state index contributed by atoms with van der Waals surface area (Å²) >= 11 is 0. The molecule has 1 aliphatic rings. The third-order valence-electron chi connectivity index (χ3n) is 0.906. The Morgan fingerprint density at radius 3 is 3.00 bits per heavy atom. The van der Waals surface area contributed by atoms with Crippen molar-refractivity contribution in [3.63, 3.8) is 0 Å². The Morgan fingerprint density at radius 1 is 1.25 bits per heavy atom. The van der Waals surface area contributed by atoms with Crippen LogP contribution in [-0.2, 0) is 0 Å². The van der Waals surface area contributed by atoms with Gasteiger partial charge in [0.25, 0.3) is 0 Å². The van der Waals surface area contributed by atoms with Crippen LogP contribution >= 0.6 is 0 Å². The van der Waals surface area contributed by atoms with Crippen molar-refractivity contribution in [2.45, 2.75) is 0 Å². The molecule has 41 valence electrons. The smallest absolute Gasteiger partial charge is 0.0644 e. The molecular weight excluding hydrogens is 98.1 g/mol. The Labute approximate surface area is 49.6 Å². The van der Waals surface area contributed by atoms with Gasteiger partial charge in [-0.05, 0) is 12.2 Å². The summed E-state index contributed by atoms with van der Waals surface area (Å²) in [6, 6.07) is 0. The van der Waals surface area contributed by atoms with E-state index >= 15 is 0 Å². The highest BCUT2D eigenvalue weighted by Crippen LogP contribution is 1.91. The number of hydrogen-bond acceptors (Lipinski definition) is 1. The van der Waals surface area contributed by atoms with Crippen molar-refractivity contribution >= 4 is 0 Å². The molecule has 1 aliphatic heterocycles. The maximum Gasteiger partial charge on any atom is 0.0644 e. The normalized spacial score (nSPS) is 16.9. The molecule has 0 aromatic heterocycles. The van der Waals surface area contributed by atoms with Gasteiger partial charge in [-0.3, -0.25) is 0 Å². The standard InChI is InChI=1S/C7H8N/c1-8-6-4-2-3-5-7-8/h2-6H,1H3. The van der Waals surface area contributed by atoms with Crippen LogP contribution < -0.4 is 0 Å². The first-order chi connectivity index (χ1) is 3.89. The fourth-order valence-corrected chi connectivity index (χ4v) is 0.502. The lowest BCUT2D eigenvalue weighted by molar-refractivity contribution is 0.601. The average molecular weight is 106 g/mol. The van der Waals surface area contributed by atoms with E-state index in [1.165, 1.54) is 0 Å². The second-order valence-electron chi connectivity index (χ2n) is 1.63.